The van der Waals surface area contributed by atoms with Crippen LogP contribution in [0.1, 0.15) is 40.4 Å². The van der Waals surface area contributed by atoms with Crippen LogP contribution < -0.4 is 5.32 Å². The molecule has 0 radical (unpaired) electrons. The van der Waals surface area contributed by atoms with Gasteiger partial charge in [-0.3, -0.25) is 9.36 Å². The van der Waals surface area contributed by atoms with Gasteiger partial charge >= 0.3 is 0 Å². The second-order valence-corrected chi connectivity index (χ2v) is 10.1. The first-order valence-corrected chi connectivity index (χ1v) is 13.6. The highest BCUT2D eigenvalue weighted by atomic mass is 32.2. The minimum absolute atomic E-state index is 0.0408. The van der Waals surface area contributed by atoms with E-state index >= 15 is 0 Å². The summed E-state index contributed by atoms with van der Waals surface area (Å²) in [6.45, 7) is 2.70. The summed E-state index contributed by atoms with van der Waals surface area (Å²) in [6.07, 6.45) is 3.65. The molecule has 6 heteroatoms. The highest BCUT2D eigenvalue weighted by molar-refractivity contribution is 7.98. The van der Waals surface area contributed by atoms with E-state index in [1.54, 1.807) is 18.0 Å². The summed E-state index contributed by atoms with van der Waals surface area (Å²) in [4.78, 5) is 22.2. The number of aromatic nitrogens is 3. The van der Waals surface area contributed by atoms with E-state index in [1.807, 2.05) is 60.7 Å². The predicted molar refractivity (Wildman–Crippen MR) is 151 cm³/mol. The van der Waals surface area contributed by atoms with Gasteiger partial charge in [-0.05, 0) is 60.7 Å². The van der Waals surface area contributed by atoms with Crippen molar-refractivity contribution in [1.82, 2.24) is 19.9 Å². The molecule has 0 aliphatic heterocycles. The standard InChI is InChI=1S/C31H30N4OS/c1-23(14-15-24-9-4-2-5-10-24)33-30(36)27-18-16-25(17-19-27)21-35-29-28(13-8-20-32-29)34-31(35)37-22-26-11-6-3-7-12-26/h2-13,16-20,23H,14-15,21-22H2,1H3,(H,33,36). The molecule has 5 nitrogen and oxygen atoms in total. The van der Waals surface area contributed by atoms with E-state index in [2.05, 4.69) is 58.2 Å². The summed E-state index contributed by atoms with van der Waals surface area (Å²) < 4.78 is 2.16. The van der Waals surface area contributed by atoms with Crippen molar-refractivity contribution in [3.8, 4) is 0 Å². The average molecular weight is 507 g/mol. The number of rotatable bonds is 10. The van der Waals surface area contributed by atoms with Crippen LogP contribution in [0.3, 0.4) is 0 Å². The number of nitrogens with zero attached hydrogens (tertiary/aromatic N) is 3. The Morgan fingerprint density at radius 3 is 2.30 bits per heavy atom. The van der Waals surface area contributed by atoms with Crippen LogP contribution in [0, 0.1) is 0 Å². The highest BCUT2D eigenvalue weighted by Gasteiger charge is 2.14. The maximum atomic E-state index is 12.8. The summed E-state index contributed by atoms with van der Waals surface area (Å²) in [7, 11) is 0. The number of carbonyl (C=O) groups excluding carboxylic acids is 1. The molecule has 1 atom stereocenters. The molecule has 2 aromatic heterocycles. The first-order chi connectivity index (χ1) is 18.2. The number of amides is 1. The maximum Gasteiger partial charge on any atom is 0.251 e. The van der Waals surface area contributed by atoms with Gasteiger partial charge in [-0.2, -0.15) is 0 Å². The third-order valence-electron chi connectivity index (χ3n) is 6.32. The largest absolute Gasteiger partial charge is 0.350 e. The smallest absolute Gasteiger partial charge is 0.251 e. The molecule has 1 amide bonds. The Balaban J connectivity index is 1.24. The third kappa shape index (κ3) is 6.46. The summed E-state index contributed by atoms with van der Waals surface area (Å²) in [5.41, 5.74) is 6.07. The minimum atomic E-state index is -0.0408. The number of fused-ring (bicyclic) bond motifs is 1. The molecule has 186 valence electrons. The molecule has 5 rings (SSSR count). The molecular formula is C31H30N4OS. The molecule has 0 spiro atoms. The van der Waals surface area contributed by atoms with Gasteiger partial charge in [0, 0.05) is 23.6 Å². The zero-order valence-corrected chi connectivity index (χ0v) is 21.7. The fraction of sp³-hybridized carbons (Fsp3) is 0.194. The summed E-state index contributed by atoms with van der Waals surface area (Å²) in [5.74, 6) is 0.798. The summed E-state index contributed by atoms with van der Waals surface area (Å²) >= 11 is 1.71. The number of carbonyl (C=O) groups is 1. The van der Waals surface area contributed by atoms with E-state index in [-0.39, 0.29) is 11.9 Å². The first kappa shape index (κ1) is 24.8. The fourth-order valence-electron chi connectivity index (χ4n) is 4.26. The molecule has 0 aliphatic rings. The van der Waals surface area contributed by atoms with Crippen LogP contribution in [0.5, 0.6) is 0 Å². The lowest BCUT2D eigenvalue weighted by atomic mass is 10.1. The molecule has 0 saturated carbocycles. The Hall–Kier alpha value is -3.90. The van der Waals surface area contributed by atoms with Crippen molar-refractivity contribution in [3.63, 3.8) is 0 Å². The van der Waals surface area contributed by atoms with Crippen molar-refractivity contribution < 1.29 is 4.79 Å². The monoisotopic (exact) mass is 506 g/mol. The Bertz CT molecular complexity index is 1450. The summed E-state index contributed by atoms with van der Waals surface area (Å²) in [5, 5.41) is 4.07. The van der Waals surface area contributed by atoms with Gasteiger partial charge in [-0.1, -0.05) is 84.6 Å². The van der Waals surface area contributed by atoms with Gasteiger partial charge in [-0.15, -0.1) is 0 Å². The van der Waals surface area contributed by atoms with Gasteiger partial charge < -0.3 is 5.32 Å². The van der Waals surface area contributed by atoms with E-state index < -0.39 is 0 Å². The number of thioether (sulfide) groups is 1. The Morgan fingerprint density at radius 1 is 0.865 bits per heavy atom. The normalized spacial score (nSPS) is 11.9. The third-order valence-corrected chi connectivity index (χ3v) is 7.37. The lowest BCUT2D eigenvalue weighted by molar-refractivity contribution is 0.0938. The number of hydrogen-bond donors (Lipinski definition) is 1. The van der Waals surface area contributed by atoms with Crippen molar-refractivity contribution in [2.24, 2.45) is 0 Å². The number of hydrogen-bond acceptors (Lipinski definition) is 4. The summed E-state index contributed by atoms with van der Waals surface area (Å²) in [6, 6.07) is 32.6. The number of imidazole rings is 1. The van der Waals surface area contributed by atoms with Crippen LogP contribution in [0.25, 0.3) is 11.2 Å². The molecule has 0 fully saturated rings. The molecule has 5 aromatic rings. The molecule has 1 unspecified atom stereocenters. The Kier molecular flexibility index (Phi) is 7.96. The van der Waals surface area contributed by atoms with Gasteiger partial charge in [0.05, 0.1) is 6.54 Å². The molecular weight excluding hydrogens is 476 g/mol. The lowest BCUT2D eigenvalue weighted by Crippen LogP contribution is -2.32. The number of nitrogens with one attached hydrogen (secondary N) is 1. The molecule has 0 saturated heterocycles. The van der Waals surface area contributed by atoms with Crippen molar-refractivity contribution >= 4 is 28.8 Å². The molecule has 0 bridgehead atoms. The minimum Gasteiger partial charge on any atom is -0.350 e. The second-order valence-electron chi connectivity index (χ2n) is 9.20. The lowest BCUT2D eigenvalue weighted by Gasteiger charge is -2.14. The van der Waals surface area contributed by atoms with E-state index in [9.17, 15) is 4.79 Å². The van der Waals surface area contributed by atoms with E-state index in [0.29, 0.717) is 12.1 Å². The molecule has 0 aliphatic carbocycles. The van der Waals surface area contributed by atoms with Gasteiger partial charge in [-0.25, -0.2) is 9.97 Å². The molecule has 2 heterocycles. The van der Waals surface area contributed by atoms with Crippen LogP contribution in [0.15, 0.2) is 108 Å². The average Bonchev–Trinajstić information content (AvgIpc) is 3.29. The van der Waals surface area contributed by atoms with Crippen molar-refractivity contribution in [2.45, 2.75) is 43.3 Å². The van der Waals surface area contributed by atoms with Crippen molar-refractivity contribution in [1.29, 1.82) is 0 Å². The maximum absolute atomic E-state index is 12.8. The van der Waals surface area contributed by atoms with Crippen LogP contribution in [0.2, 0.25) is 0 Å². The fourth-order valence-corrected chi connectivity index (χ4v) is 5.22. The van der Waals surface area contributed by atoms with Crippen LogP contribution in [-0.4, -0.2) is 26.5 Å². The van der Waals surface area contributed by atoms with E-state index in [4.69, 9.17) is 4.98 Å². The zero-order chi connectivity index (χ0) is 25.5. The van der Waals surface area contributed by atoms with Crippen molar-refractivity contribution in [3.05, 3.63) is 126 Å². The van der Waals surface area contributed by atoms with Crippen LogP contribution in [0.4, 0.5) is 0 Å². The van der Waals surface area contributed by atoms with Crippen LogP contribution >= 0.6 is 11.8 Å². The second kappa shape index (κ2) is 11.9. The Labute approximate surface area is 222 Å². The predicted octanol–water partition coefficient (Wildman–Crippen LogP) is 6.52. The SMILES string of the molecule is CC(CCc1ccccc1)NC(=O)c1ccc(Cn2c(SCc3ccccc3)nc3cccnc32)cc1. The zero-order valence-electron chi connectivity index (χ0n) is 20.9. The first-order valence-electron chi connectivity index (χ1n) is 12.6. The molecule has 1 N–H and O–H groups in total. The van der Waals surface area contributed by atoms with Gasteiger partial charge in [0.25, 0.3) is 5.91 Å². The van der Waals surface area contributed by atoms with Gasteiger partial charge in [0.1, 0.15) is 5.52 Å². The van der Waals surface area contributed by atoms with Gasteiger partial charge in [0.2, 0.25) is 0 Å². The van der Waals surface area contributed by atoms with E-state index in [1.165, 1.54) is 11.1 Å². The Morgan fingerprint density at radius 2 is 1.57 bits per heavy atom. The van der Waals surface area contributed by atoms with E-state index in [0.717, 1.165) is 40.5 Å². The topological polar surface area (TPSA) is 59.8 Å². The van der Waals surface area contributed by atoms with Crippen molar-refractivity contribution in [2.75, 3.05) is 0 Å². The van der Waals surface area contributed by atoms with Gasteiger partial charge in [0.15, 0.2) is 10.8 Å². The number of aryl methyl sites for hydroxylation is 1. The number of benzene rings is 3. The molecule has 37 heavy (non-hydrogen) atoms. The quantitative estimate of drug-likeness (QED) is 0.219. The number of pyridine rings is 1. The highest BCUT2D eigenvalue weighted by Crippen LogP contribution is 2.27. The molecule has 3 aromatic carbocycles. The van der Waals surface area contributed by atoms with Crippen LogP contribution in [-0.2, 0) is 18.7 Å².